The van der Waals surface area contributed by atoms with Gasteiger partial charge in [-0.05, 0) is 12.1 Å². The van der Waals surface area contributed by atoms with E-state index in [4.69, 9.17) is 28.5 Å². The van der Waals surface area contributed by atoms with E-state index in [0.29, 0.717) is 0 Å². The van der Waals surface area contributed by atoms with Gasteiger partial charge in [-0.3, -0.25) is 0 Å². The lowest BCUT2D eigenvalue weighted by molar-refractivity contribution is 0.628. The zero-order valence-corrected chi connectivity index (χ0v) is 6.75. The van der Waals surface area contributed by atoms with Gasteiger partial charge >= 0.3 is 0 Å². The Morgan fingerprint density at radius 1 is 1.27 bits per heavy atom. The Kier molecular flexibility index (Phi) is 2.33. The van der Waals surface area contributed by atoms with Crippen LogP contribution in [0.5, 0.6) is 0 Å². The first-order valence-electron chi connectivity index (χ1n) is 2.70. The third-order valence-corrected chi connectivity index (χ3v) is 2.01. The van der Waals surface area contributed by atoms with Gasteiger partial charge in [0.15, 0.2) is 0 Å². The standard InChI is InChI=1S/C7H2Cl2FN/c8-6-4(3-11)1-2-5(10)7(6)9/h1-2H. The number of hydrogen-bond donors (Lipinski definition) is 0. The minimum atomic E-state index is -0.615. The highest BCUT2D eigenvalue weighted by Gasteiger charge is 2.08. The first-order valence-corrected chi connectivity index (χ1v) is 3.46. The van der Waals surface area contributed by atoms with Crippen molar-refractivity contribution >= 4 is 23.2 Å². The van der Waals surface area contributed by atoms with E-state index in [1.54, 1.807) is 6.07 Å². The molecule has 1 aromatic carbocycles. The van der Waals surface area contributed by atoms with Crippen LogP contribution in [0.15, 0.2) is 12.1 Å². The highest BCUT2D eigenvalue weighted by molar-refractivity contribution is 6.42. The summed E-state index contributed by atoms with van der Waals surface area (Å²) in [6.07, 6.45) is 0. The van der Waals surface area contributed by atoms with E-state index in [9.17, 15) is 4.39 Å². The highest BCUT2D eigenvalue weighted by atomic mass is 35.5. The summed E-state index contributed by atoms with van der Waals surface area (Å²) in [6.45, 7) is 0. The molecule has 0 heterocycles. The van der Waals surface area contributed by atoms with Crippen molar-refractivity contribution in [3.05, 3.63) is 33.6 Å². The van der Waals surface area contributed by atoms with Crippen molar-refractivity contribution in [2.75, 3.05) is 0 Å². The molecule has 56 valence electrons. The van der Waals surface area contributed by atoms with E-state index in [-0.39, 0.29) is 15.6 Å². The summed E-state index contributed by atoms with van der Waals surface area (Å²) in [7, 11) is 0. The third-order valence-electron chi connectivity index (χ3n) is 1.16. The first kappa shape index (κ1) is 8.32. The Morgan fingerprint density at radius 3 is 2.45 bits per heavy atom. The Morgan fingerprint density at radius 2 is 1.91 bits per heavy atom. The number of hydrogen-bond acceptors (Lipinski definition) is 1. The first-order chi connectivity index (χ1) is 5.16. The van der Waals surface area contributed by atoms with Gasteiger partial charge in [-0.2, -0.15) is 5.26 Å². The SMILES string of the molecule is N#Cc1ccc(F)c(Cl)c1Cl. The molecule has 1 nitrogen and oxygen atoms in total. The molecule has 1 aromatic rings. The van der Waals surface area contributed by atoms with Gasteiger partial charge in [0.05, 0.1) is 15.6 Å². The normalized spacial score (nSPS) is 9.27. The summed E-state index contributed by atoms with van der Waals surface area (Å²) in [6, 6.07) is 4.17. The number of rotatable bonds is 0. The topological polar surface area (TPSA) is 23.8 Å². The molecule has 0 aliphatic rings. The van der Waals surface area contributed by atoms with E-state index < -0.39 is 5.82 Å². The average molecular weight is 190 g/mol. The molecule has 0 saturated carbocycles. The number of benzene rings is 1. The van der Waals surface area contributed by atoms with Crippen molar-refractivity contribution in [1.29, 1.82) is 5.26 Å². The minimum Gasteiger partial charge on any atom is -0.205 e. The molecule has 0 spiro atoms. The molecule has 0 unspecified atom stereocenters. The fourth-order valence-corrected chi connectivity index (χ4v) is 0.973. The zero-order valence-electron chi connectivity index (χ0n) is 5.24. The number of nitrogens with zero attached hydrogens (tertiary/aromatic N) is 1. The molecule has 0 radical (unpaired) electrons. The van der Waals surface area contributed by atoms with Crippen LogP contribution in [0.2, 0.25) is 10.0 Å². The van der Waals surface area contributed by atoms with Crippen LogP contribution in [0.1, 0.15) is 5.56 Å². The summed E-state index contributed by atoms with van der Waals surface area (Å²) < 4.78 is 12.6. The summed E-state index contributed by atoms with van der Waals surface area (Å²) in [5, 5.41) is 8.18. The van der Waals surface area contributed by atoms with E-state index in [0.717, 1.165) is 6.07 Å². The van der Waals surface area contributed by atoms with Crippen LogP contribution in [0.4, 0.5) is 4.39 Å². The predicted molar refractivity (Wildman–Crippen MR) is 41.1 cm³/mol. The van der Waals surface area contributed by atoms with Gasteiger partial charge in [0.25, 0.3) is 0 Å². The van der Waals surface area contributed by atoms with Gasteiger partial charge in [-0.1, -0.05) is 23.2 Å². The third kappa shape index (κ3) is 1.45. The van der Waals surface area contributed by atoms with Crippen molar-refractivity contribution in [1.82, 2.24) is 0 Å². The Hall–Kier alpha value is -0.780. The van der Waals surface area contributed by atoms with E-state index in [1.165, 1.54) is 6.07 Å². The lowest BCUT2D eigenvalue weighted by Gasteiger charge is -1.97. The summed E-state index contributed by atoms with van der Waals surface area (Å²) in [4.78, 5) is 0. The second-order valence-electron chi connectivity index (χ2n) is 1.83. The van der Waals surface area contributed by atoms with Crippen molar-refractivity contribution in [2.24, 2.45) is 0 Å². The van der Waals surface area contributed by atoms with Gasteiger partial charge in [0.2, 0.25) is 0 Å². The van der Waals surface area contributed by atoms with Crippen molar-refractivity contribution in [2.45, 2.75) is 0 Å². The maximum Gasteiger partial charge on any atom is 0.143 e. The Bertz CT molecular complexity index is 330. The quantitative estimate of drug-likeness (QED) is 0.576. The maximum atomic E-state index is 12.6. The molecular formula is C7H2Cl2FN. The van der Waals surface area contributed by atoms with E-state index >= 15 is 0 Å². The zero-order chi connectivity index (χ0) is 8.43. The minimum absolute atomic E-state index is 0.0332. The summed E-state index contributed by atoms with van der Waals surface area (Å²) in [5.74, 6) is -0.615. The van der Waals surface area contributed by atoms with Crippen molar-refractivity contribution in [3.63, 3.8) is 0 Å². The predicted octanol–water partition coefficient (Wildman–Crippen LogP) is 3.00. The molecule has 0 aliphatic heterocycles. The Balaban J connectivity index is 3.40. The summed E-state index contributed by atoms with van der Waals surface area (Å²) >= 11 is 10.9. The van der Waals surface area contributed by atoms with Gasteiger partial charge in [-0.25, -0.2) is 4.39 Å². The average Bonchev–Trinajstić information content (AvgIpc) is 2.01. The van der Waals surface area contributed by atoms with Gasteiger partial charge in [-0.15, -0.1) is 0 Å². The lowest BCUT2D eigenvalue weighted by atomic mass is 10.2. The molecule has 4 heteroatoms. The molecular weight excluding hydrogens is 188 g/mol. The smallest absolute Gasteiger partial charge is 0.143 e. The van der Waals surface area contributed by atoms with Crippen LogP contribution in [0, 0.1) is 17.1 Å². The molecule has 0 N–H and O–H groups in total. The second kappa shape index (κ2) is 3.08. The van der Waals surface area contributed by atoms with E-state index in [1.807, 2.05) is 0 Å². The molecule has 0 fully saturated rings. The van der Waals surface area contributed by atoms with Crippen molar-refractivity contribution in [3.8, 4) is 6.07 Å². The largest absolute Gasteiger partial charge is 0.205 e. The van der Waals surface area contributed by atoms with Gasteiger partial charge in [0, 0.05) is 0 Å². The van der Waals surface area contributed by atoms with Crippen LogP contribution < -0.4 is 0 Å². The van der Waals surface area contributed by atoms with Crippen LogP contribution >= 0.6 is 23.2 Å². The van der Waals surface area contributed by atoms with Gasteiger partial charge in [0.1, 0.15) is 11.9 Å². The fraction of sp³-hybridized carbons (Fsp3) is 0. The molecule has 0 bridgehead atoms. The molecule has 0 aliphatic carbocycles. The molecule has 0 aromatic heterocycles. The summed E-state index contributed by atoms with van der Waals surface area (Å²) in [5.41, 5.74) is 0.179. The van der Waals surface area contributed by atoms with Crippen molar-refractivity contribution < 1.29 is 4.39 Å². The maximum absolute atomic E-state index is 12.6. The Labute approximate surface area is 73.0 Å². The molecule has 11 heavy (non-hydrogen) atoms. The van der Waals surface area contributed by atoms with Crippen LogP contribution in [-0.2, 0) is 0 Å². The van der Waals surface area contributed by atoms with Crippen LogP contribution in [0.25, 0.3) is 0 Å². The second-order valence-corrected chi connectivity index (χ2v) is 2.59. The molecule has 0 atom stereocenters. The lowest BCUT2D eigenvalue weighted by Crippen LogP contribution is -1.82. The molecule has 0 saturated heterocycles. The van der Waals surface area contributed by atoms with Crippen LogP contribution in [0.3, 0.4) is 0 Å². The monoisotopic (exact) mass is 189 g/mol. The highest BCUT2D eigenvalue weighted by Crippen LogP contribution is 2.27. The van der Waals surface area contributed by atoms with Gasteiger partial charge < -0.3 is 0 Å². The molecule has 1 rings (SSSR count). The van der Waals surface area contributed by atoms with E-state index in [2.05, 4.69) is 0 Å². The number of halogens is 3. The molecule has 0 amide bonds. The van der Waals surface area contributed by atoms with Crippen LogP contribution in [-0.4, -0.2) is 0 Å². The number of nitriles is 1. The fourth-order valence-electron chi connectivity index (χ4n) is 0.612.